The lowest BCUT2D eigenvalue weighted by atomic mass is 9.80. The zero-order chi connectivity index (χ0) is 24.0. The van der Waals surface area contributed by atoms with Gasteiger partial charge >= 0.3 is 0 Å². The molecule has 0 aliphatic carbocycles. The Kier molecular flexibility index (Phi) is 8.11. The smallest absolute Gasteiger partial charge is 0.184 e. The molecule has 0 radical (unpaired) electrons. The van der Waals surface area contributed by atoms with E-state index >= 15 is 0 Å². The number of benzene rings is 3. The predicted molar refractivity (Wildman–Crippen MR) is 128 cm³/mol. The van der Waals surface area contributed by atoms with Crippen LogP contribution in [0.1, 0.15) is 16.7 Å². The summed E-state index contributed by atoms with van der Waals surface area (Å²) in [5, 5.41) is 10.6. The van der Waals surface area contributed by atoms with Gasteiger partial charge in [0.2, 0.25) is 0 Å². The zero-order valence-corrected chi connectivity index (χ0v) is 19.7. The molecule has 0 amide bonds. The first-order chi connectivity index (χ1) is 16.7. The summed E-state index contributed by atoms with van der Waals surface area (Å²) in [5.41, 5.74) is 2.04. The van der Waals surface area contributed by atoms with E-state index in [1.807, 2.05) is 54.6 Å². The van der Waals surface area contributed by atoms with Crippen molar-refractivity contribution in [2.75, 3.05) is 27.9 Å². The molecular weight excluding hydrogens is 432 g/mol. The molecule has 1 aliphatic heterocycles. The first-order valence-electron chi connectivity index (χ1n) is 11.4. The van der Waals surface area contributed by atoms with Crippen LogP contribution in [-0.4, -0.2) is 63.7 Å². The van der Waals surface area contributed by atoms with Crippen LogP contribution >= 0.6 is 0 Å². The van der Waals surface area contributed by atoms with Gasteiger partial charge in [0.25, 0.3) is 0 Å². The van der Waals surface area contributed by atoms with Crippen molar-refractivity contribution in [2.24, 2.45) is 0 Å². The van der Waals surface area contributed by atoms with Gasteiger partial charge < -0.3 is 28.8 Å². The van der Waals surface area contributed by atoms with Crippen molar-refractivity contribution in [1.29, 1.82) is 0 Å². The topological polar surface area (TPSA) is 66.4 Å². The fourth-order valence-corrected chi connectivity index (χ4v) is 4.81. The summed E-state index contributed by atoms with van der Waals surface area (Å²) in [6.45, 7) is 0.143. The average Bonchev–Trinajstić information content (AvgIpc) is 2.90. The number of rotatable bonds is 9. The lowest BCUT2D eigenvalue weighted by Gasteiger charge is -2.44. The Bertz CT molecular complexity index is 901. The fourth-order valence-electron chi connectivity index (χ4n) is 4.81. The predicted octanol–water partition coefficient (Wildman–Crippen LogP) is 3.76. The molecule has 1 fully saturated rings. The van der Waals surface area contributed by atoms with Crippen LogP contribution in [0.15, 0.2) is 91.0 Å². The van der Waals surface area contributed by atoms with Crippen molar-refractivity contribution in [2.45, 2.75) is 36.3 Å². The van der Waals surface area contributed by atoms with E-state index in [-0.39, 0.29) is 6.61 Å². The van der Waals surface area contributed by atoms with E-state index in [1.165, 1.54) is 7.11 Å². The lowest BCUT2D eigenvalue weighted by molar-refractivity contribution is -0.304. The summed E-state index contributed by atoms with van der Waals surface area (Å²) in [6, 6.07) is 30.3. The van der Waals surface area contributed by atoms with Gasteiger partial charge in [-0.15, -0.1) is 0 Å². The van der Waals surface area contributed by atoms with Gasteiger partial charge in [-0.1, -0.05) is 91.0 Å². The molecule has 180 valence electrons. The Hall–Kier alpha value is -2.58. The molecule has 5 atom stereocenters. The number of ether oxygens (including phenoxy) is 5. The molecule has 1 saturated heterocycles. The van der Waals surface area contributed by atoms with Crippen LogP contribution in [0, 0.1) is 0 Å². The van der Waals surface area contributed by atoms with Gasteiger partial charge in [0.05, 0.1) is 6.61 Å². The standard InChI is InChI=1S/C28H32O6/c1-30-24-23(34-27(29)26(32-3)25(24)31-2)19-33-28(20-13-7-4-8-14-20,21-15-9-5-10-16-21)22-17-11-6-12-18-22/h4-18,23-27,29H,19H2,1-3H3/t23-,24+,25-,26-,27+/m1/s1. The molecule has 3 aromatic rings. The summed E-state index contributed by atoms with van der Waals surface area (Å²) >= 11 is 0. The number of hydrogen-bond donors (Lipinski definition) is 1. The molecule has 0 bridgehead atoms. The van der Waals surface area contributed by atoms with Crippen molar-refractivity contribution in [3.63, 3.8) is 0 Å². The number of aliphatic hydroxyl groups is 1. The number of hydrogen-bond acceptors (Lipinski definition) is 6. The van der Waals surface area contributed by atoms with Gasteiger partial charge in [-0.25, -0.2) is 0 Å². The van der Waals surface area contributed by atoms with Gasteiger partial charge in [0.1, 0.15) is 30.0 Å². The first kappa shape index (κ1) is 24.5. The van der Waals surface area contributed by atoms with E-state index in [1.54, 1.807) is 14.2 Å². The highest BCUT2D eigenvalue weighted by Gasteiger charge is 2.48. The SMILES string of the molecule is CO[C@H]1[C@@H](OC)[C@@H](O)O[C@H](COC(c2ccccc2)(c2ccccc2)c2ccccc2)[C@@H]1OC. The first-order valence-corrected chi connectivity index (χ1v) is 11.4. The van der Waals surface area contributed by atoms with Gasteiger partial charge in [0.15, 0.2) is 6.29 Å². The van der Waals surface area contributed by atoms with E-state index in [2.05, 4.69) is 36.4 Å². The Balaban J connectivity index is 1.76. The Morgan fingerprint density at radius 3 is 1.44 bits per heavy atom. The van der Waals surface area contributed by atoms with Crippen molar-refractivity contribution >= 4 is 0 Å². The van der Waals surface area contributed by atoms with Crippen molar-refractivity contribution in [3.8, 4) is 0 Å². The minimum absolute atomic E-state index is 0.143. The molecule has 0 aromatic heterocycles. The second kappa shape index (κ2) is 11.2. The minimum Gasteiger partial charge on any atom is -0.376 e. The molecule has 3 aromatic carbocycles. The lowest BCUT2D eigenvalue weighted by Crippen LogP contribution is -2.61. The normalized spacial score (nSPS) is 25.2. The van der Waals surface area contributed by atoms with E-state index in [9.17, 15) is 5.11 Å². The molecule has 0 saturated carbocycles. The van der Waals surface area contributed by atoms with Crippen molar-refractivity contribution in [3.05, 3.63) is 108 Å². The molecule has 6 heteroatoms. The Labute approximate surface area is 201 Å². The minimum atomic E-state index is -1.17. The van der Waals surface area contributed by atoms with E-state index in [0.29, 0.717) is 0 Å². The third kappa shape index (κ3) is 4.66. The molecule has 0 unspecified atom stereocenters. The average molecular weight is 465 g/mol. The molecule has 1 heterocycles. The van der Waals surface area contributed by atoms with Crippen LogP contribution in [0.4, 0.5) is 0 Å². The molecule has 4 rings (SSSR count). The maximum atomic E-state index is 10.6. The molecule has 34 heavy (non-hydrogen) atoms. The van der Waals surface area contributed by atoms with Gasteiger partial charge in [-0.2, -0.15) is 0 Å². The van der Waals surface area contributed by atoms with Crippen LogP contribution in [0.2, 0.25) is 0 Å². The fraction of sp³-hybridized carbons (Fsp3) is 0.357. The largest absolute Gasteiger partial charge is 0.376 e. The van der Waals surface area contributed by atoms with Crippen LogP contribution in [-0.2, 0) is 29.3 Å². The van der Waals surface area contributed by atoms with Crippen LogP contribution in [0.3, 0.4) is 0 Å². The second-order valence-electron chi connectivity index (χ2n) is 8.26. The number of aliphatic hydroxyl groups excluding tert-OH is 1. The van der Waals surface area contributed by atoms with Gasteiger partial charge in [-0.05, 0) is 16.7 Å². The summed E-state index contributed by atoms with van der Waals surface area (Å²) in [6.07, 6.45) is -3.46. The highest BCUT2D eigenvalue weighted by molar-refractivity contribution is 5.47. The molecular formula is C28H32O6. The third-order valence-electron chi connectivity index (χ3n) is 6.43. The van der Waals surface area contributed by atoms with Gasteiger partial charge in [-0.3, -0.25) is 0 Å². The number of methoxy groups -OCH3 is 3. The zero-order valence-electron chi connectivity index (χ0n) is 19.7. The summed E-state index contributed by atoms with van der Waals surface area (Å²) in [5.74, 6) is 0. The van der Waals surface area contributed by atoms with Crippen LogP contribution < -0.4 is 0 Å². The molecule has 0 spiro atoms. The maximum Gasteiger partial charge on any atom is 0.184 e. The van der Waals surface area contributed by atoms with Gasteiger partial charge in [0, 0.05) is 21.3 Å². The quantitative estimate of drug-likeness (QED) is 0.487. The monoisotopic (exact) mass is 464 g/mol. The van der Waals surface area contributed by atoms with Crippen LogP contribution in [0.5, 0.6) is 0 Å². The van der Waals surface area contributed by atoms with Crippen molar-refractivity contribution < 1.29 is 28.8 Å². The highest BCUT2D eigenvalue weighted by Crippen LogP contribution is 2.41. The maximum absolute atomic E-state index is 10.6. The third-order valence-corrected chi connectivity index (χ3v) is 6.43. The summed E-state index contributed by atoms with van der Waals surface area (Å²) in [4.78, 5) is 0. The highest BCUT2D eigenvalue weighted by atomic mass is 16.7. The molecule has 1 aliphatic rings. The summed E-state index contributed by atoms with van der Waals surface area (Å²) < 4.78 is 29.6. The molecule has 1 N–H and O–H groups in total. The Morgan fingerprint density at radius 1 is 0.647 bits per heavy atom. The van der Waals surface area contributed by atoms with E-state index < -0.39 is 36.3 Å². The second-order valence-corrected chi connectivity index (χ2v) is 8.26. The van der Waals surface area contributed by atoms with E-state index in [0.717, 1.165) is 16.7 Å². The Morgan fingerprint density at radius 2 is 1.06 bits per heavy atom. The van der Waals surface area contributed by atoms with Crippen molar-refractivity contribution in [1.82, 2.24) is 0 Å². The summed E-state index contributed by atoms with van der Waals surface area (Å²) in [7, 11) is 4.68. The van der Waals surface area contributed by atoms with Crippen LogP contribution in [0.25, 0.3) is 0 Å². The molecule has 6 nitrogen and oxygen atoms in total. The van der Waals surface area contributed by atoms with E-state index in [4.69, 9.17) is 23.7 Å².